The molecule has 0 aliphatic heterocycles. The Morgan fingerprint density at radius 2 is 1.82 bits per heavy atom. The summed E-state index contributed by atoms with van der Waals surface area (Å²) in [6, 6.07) is 8.18. The van der Waals surface area contributed by atoms with Gasteiger partial charge in [0.05, 0.1) is 0 Å². The van der Waals surface area contributed by atoms with E-state index in [1.807, 2.05) is 0 Å². The largest absolute Gasteiger partial charge is 0.444 e. The molecule has 0 spiro atoms. The van der Waals surface area contributed by atoms with Gasteiger partial charge in [0.2, 0.25) is 11.8 Å². The van der Waals surface area contributed by atoms with E-state index in [1.165, 1.54) is 6.07 Å². The number of furan rings is 1. The number of nitrogens with one attached hydrogen (secondary N) is 4. The summed E-state index contributed by atoms with van der Waals surface area (Å²) in [5.74, 6) is -1.33. The lowest BCUT2D eigenvalue weighted by atomic mass is 10.2. The van der Waals surface area contributed by atoms with Crippen molar-refractivity contribution in [1.29, 1.82) is 0 Å². The topological polar surface area (TPSA) is 112 Å². The molecule has 0 saturated heterocycles. The first-order valence-corrected chi connectivity index (χ1v) is 9.54. The second-order valence-corrected chi connectivity index (χ2v) is 7.12. The van der Waals surface area contributed by atoms with Crippen LogP contribution in [0.5, 0.6) is 0 Å². The number of hydrogen-bond acceptors (Lipinski definition) is 5. The quantitative estimate of drug-likeness (QED) is 0.381. The van der Waals surface area contributed by atoms with E-state index in [0.29, 0.717) is 15.4 Å². The molecule has 0 radical (unpaired) electrons. The van der Waals surface area contributed by atoms with E-state index >= 15 is 0 Å². The van der Waals surface area contributed by atoms with Crippen molar-refractivity contribution in [3.8, 4) is 0 Å². The molecule has 8 nitrogen and oxygen atoms in total. The van der Waals surface area contributed by atoms with Gasteiger partial charge in [-0.15, -0.1) is 0 Å². The van der Waals surface area contributed by atoms with Crippen molar-refractivity contribution in [2.45, 2.75) is 19.8 Å². The first kappa shape index (κ1) is 21.9. The highest BCUT2D eigenvalue weighted by molar-refractivity contribution is 9.10. The highest BCUT2D eigenvalue weighted by atomic mass is 79.9. The molecule has 0 saturated carbocycles. The van der Waals surface area contributed by atoms with Crippen LogP contribution in [0.4, 0.5) is 5.69 Å². The number of carbonyl (C=O) groups excluding carboxylic acids is 3. The highest BCUT2D eigenvalue weighted by Crippen LogP contribution is 2.23. The Hall–Kier alpha value is -2.43. The minimum Gasteiger partial charge on any atom is -0.444 e. The van der Waals surface area contributed by atoms with Crippen molar-refractivity contribution < 1.29 is 18.8 Å². The van der Waals surface area contributed by atoms with Crippen molar-refractivity contribution in [3.63, 3.8) is 0 Å². The zero-order valence-corrected chi connectivity index (χ0v) is 17.8. The van der Waals surface area contributed by atoms with Gasteiger partial charge in [-0.1, -0.05) is 17.7 Å². The molecule has 11 heteroatoms. The number of hydrazine groups is 1. The maximum absolute atomic E-state index is 12.0. The Bertz CT molecular complexity index is 918. The Morgan fingerprint density at radius 3 is 2.50 bits per heavy atom. The Balaban J connectivity index is 1.70. The predicted molar refractivity (Wildman–Crippen MR) is 112 cm³/mol. The van der Waals surface area contributed by atoms with Gasteiger partial charge in [-0.25, -0.2) is 0 Å². The van der Waals surface area contributed by atoms with Crippen LogP contribution in [0.1, 0.15) is 29.0 Å². The first-order valence-electron chi connectivity index (χ1n) is 7.96. The third kappa shape index (κ3) is 6.63. The van der Waals surface area contributed by atoms with E-state index in [-0.39, 0.29) is 29.6 Å². The van der Waals surface area contributed by atoms with E-state index in [4.69, 9.17) is 28.2 Å². The third-order valence-corrected chi connectivity index (χ3v) is 4.50. The fourth-order valence-electron chi connectivity index (χ4n) is 2.00. The van der Waals surface area contributed by atoms with Crippen molar-refractivity contribution >= 4 is 68.3 Å². The standard InChI is InChI=1S/C17H16BrClN4O4S/c1-9-10(19)3-2-4-11(9)20-14(24)7-8-15(25)22-23-17(28)21-16(26)12-5-6-13(18)27-12/h2-6H,7-8H2,1H3,(H,20,24)(H,22,25)(H2,21,23,26,28). The van der Waals surface area contributed by atoms with Crippen LogP contribution < -0.4 is 21.5 Å². The van der Waals surface area contributed by atoms with E-state index in [1.54, 1.807) is 31.2 Å². The number of rotatable bonds is 5. The molecule has 3 amide bonds. The highest BCUT2D eigenvalue weighted by Gasteiger charge is 2.13. The number of amides is 3. The smallest absolute Gasteiger partial charge is 0.293 e. The molecular weight excluding hydrogens is 472 g/mol. The minimum atomic E-state index is -0.575. The van der Waals surface area contributed by atoms with Crippen LogP contribution in [-0.4, -0.2) is 22.8 Å². The van der Waals surface area contributed by atoms with Gasteiger partial charge in [-0.2, -0.15) is 0 Å². The average Bonchev–Trinajstić information content (AvgIpc) is 3.08. The molecule has 1 heterocycles. The van der Waals surface area contributed by atoms with E-state index in [0.717, 1.165) is 5.56 Å². The number of thiocarbonyl (C=S) groups is 1. The second kappa shape index (κ2) is 10.2. The van der Waals surface area contributed by atoms with Crippen LogP contribution in [0.25, 0.3) is 0 Å². The first-order chi connectivity index (χ1) is 13.3. The van der Waals surface area contributed by atoms with E-state index in [2.05, 4.69) is 37.4 Å². The van der Waals surface area contributed by atoms with Gasteiger partial charge in [-0.05, 0) is 64.9 Å². The molecule has 2 rings (SSSR count). The molecule has 0 aliphatic rings. The molecule has 0 fully saturated rings. The summed E-state index contributed by atoms with van der Waals surface area (Å²) in [6.07, 6.45) is -0.126. The van der Waals surface area contributed by atoms with Crippen molar-refractivity contribution in [2.24, 2.45) is 0 Å². The molecule has 0 aliphatic carbocycles. The van der Waals surface area contributed by atoms with Gasteiger partial charge in [0.15, 0.2) is 15.5 Å². The van der Waals surface area contributed by atoms with Gasteiger partial charge in [0.25, 0.3) is 5.91 Å². The fraction of sp³-hybridized carbons (Fsp3) is 0.176. The van der Waals surface area contributed by atoms with Crippen LogP contribution in [0, 0.1) is 6.92 Å². The Labute approximate surface area is 179 Å². The molecule has 0 atom stereocenters. The van der Waals surface area contributed by atoms with Crippen LogP contribution in [-0.2, 0) is 9.59 Å². The van der Waals surface area contributed by atoms with Crippen LogP contribution in [0.3, 0.4) is 0 Å². The van der Waals surface area contributed by atoms with E-state index in [9.17, 15) is 14.4 Å². The molecule has 148 valence electrons. The summed E-state index contributed by atoms with van der Waals surface area (Å²) in [6.45, 7) is 1.78. The monoisotopic (exact) mass is 486 g/mol. The van der Waals surface area contributed by atoms with E-state index < -0.39 is 11.8 Å². The number of benzene rings is 1. The minimum absolute atomic E-state index is 0.0426. The molecule has 0 unspecified atom stereocenters. The SMILES string of the molecule is Cc1c(Cl)cccc1NC(=O)CCC(=O)NNC(=S)NC(=O)c1ccc(Br)o1. The summed E-state index contributed by atoms with van der Waals surface area (Å²) < 4.78 is 5.48. The van der Waals surface area contributed by atoms with Gasteiger partial charge >= 0.3 is 0 Å². The summed E-state index contributed by atoms with van der Waals surface area (Å²) in [5.41, 5.74) is 6.01. The predicted octanol–water partition coefficient (Wildman–Crippen LogP) is 3.06. The molecule has 28 heavy (non-hydrogen) atoms. The Morgan fingerprint density at radius 1 is 1.11 bits per heavy atom. The molecule has 1 aromatic heterocycles. The number of carbonyl (C=O) groups is 3. The zero-order chi connectivity index (χ0) is 20.7. The summed E-state index contributed by atoms with van der Waals surface area (Å²) >= 11 is 14.0. The maximum atomic E-state index is 12.0. The fourth-order valence-corrected chi connectivity index (χ4v) is 2.63. The summed E-state index contributed by atoms with van der Waals surface area (Å²) in [7, 11) is 0. The molecule has 0 bridgehead atoms. The third-order valence-electron chi connectivity index (χ3n) is 3.46. The number of hydrogen-bond donors (Lipinski definition) is 4. The maximum Gasteiger partial charge on any atom is 0.293 e. The second-order valence-electron chi connectivity index (χ2n) is 5.52. The molecule has 2 aromatic rings. The van der Waals surface area contributed by atoms with Crippen LogP contribution >= 0.6 is 39.7 Å². The summed E-state index contributed by atoms with van der Waals surface area (Å²) in [4.78, 5) is 35.6. The van der Waals surface area contributed by atoms with Crippen molar-refractivity contribution in [3.05, 3.63) is 51.3 Å². The van der Waals surface area contributed by atoms with Gasteiger partial charge in [0.1, 0.15) is 0 Å². The number of halogens is 2. The average molecular weight is 488 g/mol. The number of anilines is 1. The van der Waals surface area contributed by atoms with Crippen LogP contribution in [0.15, 0.2) is 39.4 Å². The molecular formula is C17H16BrClN4O4S. The lowest BCUT2D eigenvalue weighted by Crippen LogP contribution is -2.48. The lowest BCUT2D eigenvalue weighted by molar-refractivity contribution is -0.124. The lowest BCUT2D eigenvalue weighted by Gasteiger charge is -2.11. The van der Waals surface area contributed by atoms with Crippen molar-refractivity contribution in [1.82, 2.24) is 16.2 Å². The normalized spacial score (nSPS) is 10.1. The molecule has 4 N–H and O–H groups in total. The zero-order valence-electron chi connectivity index (χ0n) is 14.6. The van der Waals surface area contributed by atoms with Gasteiger partial charge in [0, 0.05) is 23.6 Å². The van der Waals surface area contributed by atoms with Crippen LogP contribution in [0.2, 0.25) is 5.02 Å². The van der Waals surface area contributed by atoms with Gasteiger partial charge < -0.3 is 9.73 Å². The summed E-state index contributed by atoms with van der Waals surface area (Å²) in [5, 5.41) is 5.45. The molecule has 1 aromatic carbocycles. The Kier molecular flexibility index (Phi) is 7.97. The van der Waals surface area contributed by atoms with Gasteiger partial charge in [-0.3, -0.25) is 30.6 Å². The van der Waals surface area contributed by atoms with Crippen molar-refractivity contribution in [2.75, 3.05) is 5.32 Å².